The van der Waals surface area contributed by atoms with E-state index in [1.807, 2.05) is 0 Å². The summed E-state index contributed by atoms with van der Waals surface area (Å²) in [5.41, 5.74) is 0.793. The predicted molar refractivity (Wildman–Crippen MR) is 53.2 cm³/mol. The molecule has 5 nitrogen and oxygen atoms in total. The number of esters is 2. The summed E-state index contributed by atoms with van der Waals surface area (Å²) in [5.74, 6) is -1.06. The zero-order valence-corrected chi connectivity index (χ0v) is 9.05. The molecule has 0 radical (unpaired) electrons. The fourth-order valence-electron chi connectivity index (χ4n) is 1.01. The number of carbonyl (C=O) groups is 2. The lowest BCUT2D eigenvalue weighted by Gasteiger charge is -1.98. The van der Waals surface area contributed by atoms with Crippen LogP contribution in [0.4, 0.5) is 0 Å². The minimum Gasteiger partial charge on any atom is -0.464 e. The highest BCUT2D eigenvalue weighted by Crippen LogP contribution is 2.19. The normalized spacial score (nSPS) is 9.80. The van der Waals surface area contributed by atoms with Gasteiger partial charge in [0.2, 0.25) is 0 Å². The molecule has 6 heteroatoms. The molecule has 0 saturated heterocycles. The van der Waals surface area contributed by atoms with Crippen LogP contribution in [0.5, 0.6) is 5.75 Å². The monoisotopic (exact) mass is 231 g/mol. The molecule has 1 aromatic heterocycles. The third-order valence-electron chi connectivity index (χ3n) is 1.71. The summed E-state index contributed by atoms with van der Waals surface area (Å²) < 4.78 is 9.36. The number of alkyl halides is 1. The Bertz CT molecular complexity index is 385. The highest BCUT2D eigenvalue weighted by atomic mass is 35.5. The Morgan fingerprint density at radius 1 is 1.53 bits per heavy atom. The molecule has 0 amide bonds. The summed E-state index contributed by atoms with van der Waals surface area (Å²) in [5, 5.41) is 0. The Morgan fingerprint density at radius 3 is 2.73 bits per heavy atom. The third-order valence-corrected chi connectivity index (χ3v) is 1.92. The number of H-pyrrole nitrogens is 1. The first kappa shape index (κ1) is 11.6. The van der Waals surface area contributed by atoms with Gasteiger partial charge in [0.1, 0.15) is 11.6 Å². The molecule has 0 aliphatic rings. The van der Waals surface area contributed by atoms with Gasteiger partial charge in [-0.15, -0.1) is 11.6 Å². The fourth-order valence-corrected chi connectivity index (χ4v) is 1.07. The Kier molecular flexibility index (Phi) is 3.74. The Hall–Kier alpha value is -1.49. The number of hydrogen-bond acceptors (Lipinski definition) is 4. The van der Waals surface area contributed by atoms with Gasteiger partial charge in [-0.25, -0.2) is 4.79 Å². The predicted octanol–water partition coefficient (Wildman–Crippen LogP) is 1.25. The number of hydrogen-bond donors (Lipinski definition) is 1. The molecule has 0 spiro atoms. The lowest BCUT2D eigenvalue weighted by Crippen LogP contribution is -2.08. The van der Waals surface area contributed by atoms with E-state index in [0.717, 1.165) is 0 Å². The van der Waals surface area contributed by atoms with Crippen LogP contribution in [-0.2, 0) is 9.53 Å². The van der Waals surface area contributed by atoms with Gasteiger partial charge in [-0.3, -0.25) is 4.79 Å². The molecule has 0 bridgehead atoms. The zero-order chi connectivity index (χ0) is 11.4. The highest BCUT2D eigenvalue weighted by Gasteiger charge is 2.14. The maximum atomic E-state index is 11.1. The molecule has 82 valence electrons. The van der Waals surface area contributed by atoms with Gasteiger partial charge in [0.25, 0.3) is 0 Å². The molecule has 1 heterocycles. The molecular formula is C9H10ClNO4. The van der Waals surface area contributed by atoms with Crippen LogP contribution in [0.25, 0.3) is 0 Å². The summed E-state index contributed by atoms with van der Waals surface area (Å²) in [4.78, 5) is 24.7. The summed E-state index contributed by atoms with van der Waals surface area (Å²) in [6.45, 7) is 1.67. The van der Waals surface area contributed by atoms with E-state index in [4.69, 9.17) is 16.3 Å². The quantitative estimate of drug-likeness (QED) is 0.628. The van der Waals surface area contributed by atoms with Crippen molar-refractivity contribution < 1.29 is 19.1 Å². The summed E-state index contributed by atoms with van der Waals surface area (Å²) in [6.07, 6.45) is 0. The van der Waals surface area contributed by atoms with E-state index < -0.39 is 11.9 Å². The number of ether oxygens (including phenoxy) is 2. The second-order valence-electron chi connectivity index (χ2n) is 2.77. The van der Waals surface area contributed by atoms with Crippen molar-refractivity contribution in [2.75, 3.05) is 13.0 Å². The average Bonchev–Trinajstić information content (AvgIpc) is 2.59. The van der Waals surface area contributed by atoms with Crippen molar-refractivity contribution in [3.63, 3.8) is 0 Å². The van der Waals surface area contributed by atoms with E-state index in [0.29, 0.717) is 5.69 Å². The fraction of sp³-hybridized carbons (Fsp3) is 0.333. The Morgan fingerprint density at radius 2 is 2.20 bits per heavy atom. The van der Waals surface area contributed by atoms with Gasteiger partial charge >= 0.3 is 11.9 Å². The van der Waals surface area contributed by atoms with Crippen LogP contribution in [-0.4, -0.2) is 29.9 Å². The van der Waals surface area contributed by atoms with Crippen molar-refractivity contribution in [2.45, 2.75) is 6.92 Å². The van der Waals surface area contributed by atoms with Crippen molar-refractivity contribution in [3.8, 4) is 5.75 Å². The topological polar surface area (TPSA) is 68.4 Å². The summed E-state index contributed by atoms with van der Waals surface area (Å²) in [6, 6.07) is 1.39. The van der Waals surface area contributed by atoms with Crippen LogP contribution in [0, 0.1) is 6.92 Å². The minimum atomic E-state index is -0.574. The van der Waals surface area contributed by atoms with Crippen LogP contribution >= 0.6 is 11.6 Å². The van der Waals surface area contributed by atoms with Crippen molar-refractivity contribution in [2.24, 2.45) is 0 Å². The zero-order valence-electron chi connectivity index (χ0n) is 8.30. The van der Waals surface area contributed by atoms with Gasteiger partial charge in [-0.2, -0.15) is 0 Å². The van der Waals surface area contributed by atoms with Crippen molar-refractivity contribution in [1.82, 2.24) is 4.98 Å². The first-order valence-corrected chi connectivity index (χ1v) is 4.66. The summed E-state index contributed by atoms with van der Waals surface area (Å²) >= 11 is 5.27. The number of nitrogens with one attached hydrogen (secondary N) is 1. The van der Waals surface area contributed by atoms with Crippen molar-refractivity contribution in [1.29, 1.82) is 0 Å². The minimum absolute atomic E-state index is 0.229. The number of aromatic amines is 1. The molecule has 1 aromatic rings. The van der Waals surface area contributed by atoms with Gasteiger partial charge in [-0.05, 0) is 6.92 Å². The van der Waals surface area contributed by atoms with E-state index >= 15 is 0 Å². The van der Waals surface area contributed by atoms with Crippen LogP contribution < -0.4 is 4.74 Å². The maximum absolute atomic E-state index is 11.1. The lowest BCUT2D eigenvalue weighted by atomic mass is 10.4. The molecule has 1 rings (SSSR count). The first-order valence-electron chi connectivity index (χ1n) is 4.13. The van der Waals surface area contributed by atoms with Crippen LogP contribution in [0.1, 0.15) is 16.2 Å². The molecule has 1 N–H and O–H groups in total. The van der Waals surface area contributed by atoms with Gasteiger partial charge < -0.3 is 14.5 Å². The molecular weight excluding hydrogens is 222 g/mol. The van der Waals surface area contributed by atoms with E-state index in [-0.39, 0.29) is 17.3 Å². The second-order valence-corrected chi connectivity index (χ2v) is 3.04. The molecule has 0 unspecified atom stereocenters. The number of carbonyl (C=O) groups excluding carboxylic acids is 2. The average molecular weight is 232 g/mol. The highest BCUT2D eigenvalue weighted by molar-refractivity contribution is 6.26. The third kappa shape index (κ3) is 2.73. The number of aryl methyl sites for hydroxylation is 1. The van der Waals surface area contributed by atoms with Crippen LogP contribution in [0.15, 0.2) is 6.07 Å². The van der Waals surface area contributed by atoms with Crippen molar-refractivity contribution >= 4 is 23.5 Å². The number of methoxy groups -OCH3 is 1. The number of halogens is 1. The molecule has 0 aliphatic carbocycles. The first-order chi connectivity index (χ1) is 7.08. The lowest BCUT2D eigenvalue weighted by molar-refractivity contribution is -0.131. The van der Waals surface area contributed by atoms with E-state index in [1.54, 1.807) is 6.92 Å². The van der Waals surface area contributed by atoms with Gasteiger partial charge in [-0.1, -0.05) is 0 Å². The van der Waals surface area contributed by atoms with Crippen molar-refractivity contribution in [3.05, 3.63) is 17.5 Å². The second kappa shape index (κ2) is 4.84. The number of rotatable bonds is 3. The molecule has 0 aromatic carbocycles. The van der Waals surface area contributed by atoms with E-state index in [2.05, 4.69) is 9.72 Å². The molecule has 15 heavy (non-hydrogen) atoms. The number of aromatic nitrogens is 1. The Balaban J connectivity index is 2.86. The van der Waals surface area contributed by atoms with Gasteiger partial charge in [0.15, 0.2) is 5.75 Å². The van der Waals surface area contributed by atoms with E-state index in [9.17, 15) is 9.59 Å². The van der Waals surface area contributed by atoms with E-state index in [1.165, 1.54) is 13.2 Å². The molecule has 0 atom stereocenters. The van der Waals surface area contributed by atoms with Gasteiger partial charge in [0.05, 0.1) is 12.8 Å². The smallest absolute Gasteiger partial charge is 0.354 e. The molecule has 0 saturated carbocycles. The molecule has 0 aliphatic heterocycles. The SMILES string of the molecule is COC(=O)c1cc(OC(=O)CCl)c(C)[nH]1. The standard InChI is InChI=1S/C9H10ClNO4/c1-5-7(15-8(12)4-10)3-6(11-5)9(13)14-2/h3,11H,4H2,1-2H3. The summed E-state index contributed by atoms with van der Waals surface area (Å²) in [7, 11) is 1.27. The van der Waals surface area contributed by atoms with Crippen LogP contribution in [0.2, 0.25) is 0 Å². The largest absolute Gasteiger partial charge is 0.464 e. The Labute approximate surface area is 91.3 Å². The maximum Gasteiger partial charge on any atom is 0.354 e. The van der Waals surface area contributed by atoms with Gasteiger partial charge in [0, 0.05) is 6.07 Å². The molecule has 0 fully saturated rings. The van der Waals surface area contributed by atoms with Crippen LogP contribution in [0.3, 0.4) is 0 Å².